The van der Waals surface area contributed by atoms with Gasteiger partial charge in [0.05, 0.1) is 26.2 Å². The summed E-state index contributed by atoms with van der Waals surface area (Å²) in [6.07, 6.45) is 4.80. The normalized spacial score (nSPS) is 17.4. The van der Waals surface area contributed by atoms with Crippen LogP contribution in [0.5, 0.6) is 0 Å². The van der Waals surface area contributed by atoms with Gasteiger partial charge < -0.3 is 62.5 Å². The first kappa shape index (κ1) is 77.8. The maximum Gasteiger partial charge on any atom is 0.326 e. The van der Waals surface area contributed by atoms with E-state index in [0.717, 1.165) is 31.9 Å². The summed E-state index contributed by atoms with van der Waals surface area (Å²) in [6.45, 7) is 1.05. The number of amides is 6. The maximum absolute atomic E-state index is 14.2. The molecule has 5 rings (SSSR count). The summed E-state index contributed by atoms with van der Waals surface area (Å²) in [7, 11) is 0. The molecule has 6 amide bonds. The third-order valence-electron chi connectivity index (χ3n) is 17.1. The number of carbonyl (C=O) groups excluding carboxylic acids is 6. The number of aliphatic carboxylic acids is 6. The van der Waals surface area contributed by atoms with Gasteiger partial charge in [0.25, 0.3) is 0 Å². The van der Waals surface area contributed by atoms with E-state index < -0.39 is 90.5 Å². The van der Waals surface area contributed by atoms with Gasteiger partial charge in [-0.3, -0.25) is 62.8 Å². The number of nitrogens with one attached hydrogen (secondary N) is 6. The molecule has 29 heteroatoms. The number of fused-ring (bicyclic) bond motifs is 1. The lowest BCUT2D eigenvalue weighted by atomic mass is 9.77. The van der Waals surface area contributed by atoms with Gasteiger partial charge >= 0.3 is 41.8 Å². The zero-order chi connectivity index (χ0) is 69.2. The third kappa shape index (κ3) is 31.0. The van der Waals surface area contributed by atoms with E-state index in [1.165, 1.54) is 0 Å². The van der Waals surface area contributed by atoms with Crippen molar-refractivity contribution in [2.75, 3.05) is 98.2 Å². The van der Waals surface area contributed by atoms with Crippen molar-refractivity contribution in [2.45, 2.75) is 127 Å². The maximum atomic E-state index is 14.2. The highest BCUT2D eigenvalue weighted by Crippen LogP contribution is 2.31. The highest BCUT2D eigenvalue weighted by Gasteiger charge is 2.32. The van der Waals surface area contributed by atoms with E-state index in [2.05, 4.69) is 54.5 Å². The van der Waals surface area contributed by atoms with Gasteiger partial charge in [0.2, 0.25) is 23.6 Å². The highest BCUT2D eigenvalue weighted by molar-refractivity contribution is 14.1. The first-order chi connectivity index (χ1) is 45.4. The molecule has 0 radical (unpaired) electrons. The Kier molecular flexibility index (Phi) is 34.3. The molecule has 0 bridgehead atoms. The summed E-state index contributed by atoms with van der Waals surface area (Å²) in [6, 6.07) is 16.6. The third-order valence-corrected chi connectivity index (χ3v) is 17.8. The van der Waals surface area contributed by atoms with E-state index in [-0.39, 0.29) is 153 Å². The van der Waals surface area contributed by atoms with Crippen molar-refractivity contribution in [3.05, 3.63) is 81.4 Å². The Labute approximate surface area is 566 Å². The van der Waals surface area contributed by atoms with Crippen LogP contribution >= 0.6 is 22.6 Å². The number of unbranched alkanes of at least 4 members (excludes halogenated alkanes) is 2. The number of benzene rings is 3. The number of aryl methyl sites for hydroxylation is 1. The second kappa shape index (κ2) is 41.8. The lowest BCUT2D eigenvalue weighted by molar-refractivity contribution is -0.141. The van der Waals surface area contributed by atoms with Crippen LogP contribution in [-0.2, 0) is 65.6 Å². The molecule has 1 saturated heterocycles. The monoisotopic (exact) mass is 1440 g/mol. The second-order valence-corrected chi connectivity index (χ2v) is 25.8. The number of hydrogen-bond acceptors (Lipinski definition) is 16. The van der Waals surface area contributed by atoms with Gasteiger partial charge in [-0.1, -0.05) is 54.6 Å². The summed E-state index contributed by atoms with van der Waals surface area (Å²) in [4.78, 5) is 158. The van der Waals surface area contributed by atoms with Crippen LogP contribution in [0.3, 0.4) is 0 Å². The number of carbonyl (C=O) groups is 12. The van der Waals surface area contributed by atoms with Crippen molar-refractivity contribution < 1.29 is 88.2 Å². The molecular formula is C66H93IN10O18. The van der Waals surface area contributed by atoms with Crippen LogP contribution in [0.25, 0.3) is 10.8 Å². The number of urea groups is 1. The van der Waals surface area contributed by atoms with Gasteiger partial charge in [0.15, 0.2) is 0 Å². The lowest BCUT2D eigenvalue weighted by Crippen LogP contribution is -2.52. The minimum absolute atomic E-state index is 0.0197. The molecule has 12 N–H and O–H groups in total. The Morgan fingerprint density at radius 1 is 0.474 bits per heavy atom. The van der Waals surface area contributed by atoms with Gasteiger partial charge in [-0.15, -0.1) is 0 Å². The fraction of sp³-hybridized carbons (Fsp3) is 0.576. The molecule has 1 heterocycles. The topological polar surface area (TPSA) is 411 Å². The Balaban J connectivity index is 1.19. The summed E-state index contributed by atoms with van der Waals surface area (Å²) in [5.41, 5.74) is 1.98. The second-order valence-electron chi connectivity index (χ2n) is 24.6. The van der Waals surface area contributed by atoms with E-state index in [4.69, 9.17) is 5.11 Å². The van der Waals surface area contributed by atoms with Gasteiger partial charge in [-0.25, -0.2) is 14.4 Å². The molecule has 0 spiro atoms. The van der Waals surface area contributed by atoms with Gasteiger partial charge in [0, 0.05) is 107 Å². The molecule has 3 aromatic carbocycles. The summed E-state index contributed by atoms with van der Waals surface area (Å²) < 4.78 is 1.12. The van der Waals surface area contributed by atoms with Crippen LogP contribution in [0.4, 0.5) is 4.79 Å². The molecule has 0 aromatic heterocycles. The number of ketones is 1. The Hall–Kier alpha value is -7.87. The molecule has 3 aromatic rings. The number of rotatable bonds is 39. The predicted octanol–water partition coefficient (Wildman–Crippen LogP) is 3.11. The molecular weight excluding hydrogens is 1350 g/mol. The van der Waals surface area contributed by atoms with Crippen LogP contribution < -0.4 is 31.9 Å². The van der Waals surface area contributed by atoms with Crippen LogP contribution in [0.1, 0.15) is 107 Å². The van der Waals surface area contributed by atoms with Crippen molar-refractivity contribution in [1.29, 1.82) is 0 Å². The average molecular weight is 1440 g/mol. The van der Waals surface area contributed by atoms with Crippen molar-refractivity contribution >= 4 is 105 Å². The highest BCUT2D eigenvalue weighted by atomic mass is 127. The van der Waals surface area contributed by atoms with Gasteiger partial charge in [-0.05, 0) is 152 Å². The number of carboxylic acid groups (broad SMARTS) is 6. The van der Waals surface area contributed by atoms with E-state index in [0.29, 0.717) is 64.3 Å². The molecule has 4 atom stereocenters. The molecule has 2 aliphatic rings. The predicted molar refractivity (Wildman–Crippen MR) is 357 cm³/mol. The zero-order valence-electron chi connectivity index (χ0n) is 53.7. The van der Waals surface area contributed by atoms with Crippen molar-refractivity contribution in [1.82, 2.24) is 51.5 Å². The van der Waals surface area contributed by atoms with Crippen LogP contribution in [0.15, 0.2) is 66.7 Å². The fourth-order valence-corrected chi connectivity index (χ4v) is 12.1. The van der Waals surface area contributed by atoms with E-state index in [1.807, 2.05) is 66.7 Å². The van der Waals surface area contributed by atoms with Crippen molar-refractivity contribution in [3.63, 3.8) is 0 Å². The van der Waals surface area contributed by atoms with Gasteiger partial charge in [-0.2, -0.15) is 0 Å². The number of hydrogen-bond donors (Lipinski definition) is 12. The largest absolute Gasteiger partial charge is 0.481 e. The molecule has 2 fully saturated rings. The number of halogens is 1. The van der Waals surface area contributed by atoms with Gasteiger partial charge in [0.1, 0.15) is 23.9 Å². The molecule has 1 saturated carbocycles. The summed E-state index contributed by atoms with van der Waals surface area (Å²) >= 11 is 2.24. The van der Waals surface area contributed by atoms with E-state index in [9.17, 15) is 83.1 Å². The number of Topliss-reactive ketones (excluding diaryl/α,β-unsaturated/α-hetero) is 1. The van der Waals surface area contributed by atoms with Crippen molar-refractivity contribution in [3.8, 4) is 0 Å². The van der Waals surface area contributed by atoms with Crippen molar-refractivity contribution in [2.24, 2.45) is 17.8 Å². The minimum Gasteiger partial charge on any atom is -0.481 e. The Morgan fingerprint density at radius 3 is 1.52 bits per heavy atom. The molecule has 522 valence electrons. The molecule has 1 aliphatic carbocycles. The lowest BCUT2D eigenvalue weighted by Gasteiger charge is -2.33. The van der Waals surface area contributed by atoms with Crippen LogP contribution in [0, 0.1) is 21.3 Å². The van der Waals surface area contributed by atoms with E-state index >= 15 is 0 Å². The first-order valence-electron chi connectivity index (χ1n) is 32.5. The Bertz CT molecular complexity index is 3030. The number of carboxylic acids is 6. The zero-order valence-corrected chi connectivity index (χ0v) is 55.8. The molecule has 4 unspecified atom stereocenters. The fourth-order valence-electron chi connectivity index (χ4n) is 11.7. The average Bonchev–Trinajstić information content (AvgIpc) is 1.36. The first-order valence-corrected chi connectivity index (χ1v) is 33.6. The smallest absolute Gasteiger partial charge is 0.326 e. The van der Waals surface area contributed by atoms with Crippen LogP contribution in [0.2, 0.25) is 0 Å². The SMILES string of the molecule is O=C(O)CCC(NC(=O)NC(CCCCNC(=O)C(CC(=O)C1CCC(CNC(=O)C(CCCCNC(=O)CCCc2ccc(I)cc2)NC(=O)CN2CCN(CC(=O)O)CCN(CC(=O)O)CCN(CC(=O)O)CC2)CC1)Cc1ccc2ccccc2c1)C(=O)O)C(=O)O. The molecule has 28 nitrogen and oxygen atoms in total. The van der Waals surface area contributed by atoms with E-state index in [1.54, 1.807) is 19.6 Å². The Morgan fingerprint density at radius 2 is 0.979 bits per heavy atom. The summed E-state index contributed by atoms with van der Waals surface area (Å²) in [5, 5.41) is 75.2. The minimum atomic E-state index is -1.56. The quantitative estimate of drug-likeness (QED) is 0.0288. The molecule has 95 heavy (non-hydrogen) atoms. The number of nitrogens with zero attached hydrogens (tertiary/aromatic N) is 4. The van der Waals surface area contributed by atoms with Crippen LogP contribution in [-0.4, -0.2) is 238 Å². The summed E-state index contributed by atoms with van der Waals surface area (Å²) in [5.74, 6) is -10.0. The molecule has 1 aliphatic heterocycles. The standard InChI is InChI=1S/C66H93IN10O18/c67-51-22-17-44(18-23-51)8-7-13-56(79)68-26-5-3-11-52(71-57(80)40-74-28-30-75(41-59(83)84)32-34-77(43-61(87)88)35-33-76(31-29-74)42-60(85)86)63(90)70-39-45-14-20-48(21-15-45)55(78)38-50(37-46-16-19-47-9-1-2-10-49(47)36-46)62(89)69-27-6-4-12-53(64(91)92)72-66(95)73-54(65(93)94)24-25-58(81)82/h1-2,9-10,16-19,22-23,36,45,48,50,52-54H,3-8,11-15,20-21,24-35,37-43H2,(H,68,79)(H,69,89)(H,70,90)(H,71,80)(H,81,82)(H,83,84)(H,85,86)(H,87,88)(H,91,92)(H,93,94)(H2,72,73,95).